The second kappa shape index (κ2) is 11.5. The minimum absolute atomic E-state index is 0.0863. The second-order valence-electron chi connectivity index (χ2n) is 6.45. The molecule has 154 valence electrons. The topological polar surface area (TPSA) is 125 Å². The molecule has 0 bridgehead atoms. The average Bonchev–Trinajstić information content (AvgIpc) is 2.71. The molecule has 0 saturated heterocycles. The normalized spacial score (nSPS) is 12.4. The van der Waals surface area contributed by atoms with Gasteiger partial charge in [0.2, 0.25) is 5.91 Å². The van der Waals surface area contributed by atoms with E-state index >= 15 is 0 Å². The lowest BCUT2D eigenvalue weighted by Gasteiger charge is -2.16. The van der Waals surface area contributed by atoms with Gasteiger partial charge in [0, 0.05) is 13.0 Å². The maximum absolute atomic E-state index is 12.0. The van der Waals surface area contributed by atoms with Crippen LogP contribution in [0.1, 0.15) is 17.5 Å². The van der Waals surface area contributed by atoms with Crippen molar-refractivity contribution < 1.29 is 29.3 Å². The lowest BCUT2D eigenvalue weighted by atomic mass is 10.1. The van der Waals surface area contributed by atoms with Crippen LogP contribution in [0.15, 0.2) is 60.7 Å². The summed E-state index contributed by atoms with van der Waals surface area (Å²) in [6.07, 6.45) is -2.12. The molecule has 8 heteroatoms. The molecule has 0 unspecified atom stereocenters. The van der Waals surface area contributed by atoms with E-state index in [1.807, 2.05) is 24.3 Å². The molecule has 2 aromatic carbocycles. The fraction of sp³-hybridized carbons (Fsp3) is 0.286. The molecule has 8 nitrogen and oxygen atoms in total. The molecule has 0 radical (unpaired) electrons. The molecule has 29 heavy (non-hydrogen) atoms. The first-order valence-corrected chi connectivity index (χ1v) is 9.12. The van der Waals surface area contributed by atoms with Crippen LogP contribution < -0.4 is 10.6 Å². The summed E-state index contributed by atoms with van der Waals surface area (Å²) in [5.41, 5.74) is 1.59. The highest BCUT2D eigenvalue weighted by atomic mass is 16.5. The highest BCUT2D eigenvalue weighted by molar-refractivity contribution is 5.84. The molecule has 0 fully saturated rings. The maximum atomic E-state index is 12.0. The number of aliphatic hydroxyl groups excluding tert-OH is 1. The Bertz CT molecular complexity index is 797. The number of ether oxygens (including phenoxy) is 1. The van der Waals surface area contributed by atoms with E-state index in [1.165, 1.54) is 0 Å². The van der Waals surface area contributed by atoms with E-state index in [-0.39, 0.29) is 26.0 Å². The summed E-state index contributed by atoms with van der Waals surface area (Å²) in [4.78, 5) is 35.1. The molecule has 0 aromatic heterocycles. The first-order chi connectivity index (χ1) is 13.9. The van der Waals surface area contributed by atoms with Crippen molar-refractivity contribution in [2.45, 2.75) is 31.6 Å². The molecular weight excluding hydrogens is 376 g/mol. The van der Waals surface area contributed by atoms with E-state index in [4.69, 9.17) is 4.74 Å². The van der Waals surface area contributed by atoms with Crippen molar-refractivity contribution >= 4 is 18.0 Å². The molecule has 4 N–H and O–H groups in total. The predicted octanol–water partition coefficient (Wildman–Crippen LogP) is 1.48. The SMILES string of the molecule is O=C(C[C@@H](O)CNC(=O)OCc1ccccc1)N[C@H](Cc1ccccc1)C(=O)O. The molecule has 0 aliphatic rings. The average molecular weight is 400 g/mol. The Hall–Kier alpha value is -3.39. The van der Waals surface area contributed by atoms with Crippen LogP contribution >= 0.6 is 0 Å². The number of benzene rings is 2. The smallest absolute Gasteiger partial charge is 0.407 e. The van der Waals surface area contributed by atoms with Gasteiger partial charge in [-0.25, -0.2) is 9.59 Å². The molecule has 2 rings (SSSR count). The Morgan fingerprint density at radius 2 is 1.52 bits per heavy atom. The minimum Gasteiger partial charge on any atom is -0.480 e. The van der Waals surface area contributed by atoms with Crippen molar-refractivity contribution in [1.82, 2.24) is 10.6 Å². The van der Waals surface area contributed by atoms with E-state index in [0.29, 0.717) is 0 Å². The number of rotatable bonds is 10. The number of amides is 2. The summed E-state index contributed by atoms with van der Waals surface area (Å²) in [7, 11) is 0. The van der Waals surface area contributed by atoms with E-state index in [9.17, 15) is 24.6 Å². The first-order valence-electron chi connectivity index (χ1n) is 9.12. The van der Waals surface area contributed by atoms with Crippen molar-refractivity contribution in [2.24, 2.45) is 0 Å². The Morgan fingerprint density at radius 3 is 2.10 bits per heavy atom. The summed E-state index contributed by atoms with van der Waals surface area (Å²) in [6.45, 7) is -0.111. The van der Waals surface area contributed by atoms with Crippen molar-refractivity contribution in [3.63, 3.8) is 0 Å². The number of aliphatic hydroxyl groups is 1. The molecule has 0 heterocycles. The van der Waals surface area contributed by atoms with Gasteiger partial charge in [-0.05, 0) is 11.1 Å². The van der Waals surface area contributed by atoms with Crippen LogP contribution in [0.3, 0.4) is 0 Å². The lowest BCUT2D eigenvalue weighted by molar-refractivity contribution is -0.142. The highest BCUT2D eigenvalue weighted by Crippen LogP contribution is 2.04. The predicted molar refractivity (Wildman–Crippen MR) is 105 cm³/mol. The summed E-state index contributed by atoms with van der Waals surface area (Å²) >= 11 is 0. The Kier molecular flexibility index (Phi) is 8.65. The molecule has 2 atom stereocenters. The number of hydrogen-bond donors (Lipinski definition) is 4. The number of carbonyl (C=O) groups excluding carboxylic acids is 2. The third kappa shape index (κ3) is 8.44. The van der Waals surface area contributed by atoms with Gasteiger partial charge < -0.3 is 25.6 Å². The number of carboxylic acid groups (broad SMARTS) is 1. The van der Waals surface area contributed by atoms with Gasteiger partial charge in [-0.2, -0.15) is 0 Å². The Morgan fingerprint density at radius 1 is 0.931 bits per heavy atom. The number of hydrogen-bond acceptors (Lipinski definition) is 5. The van der Waals surface area contributed by atoms with Crippen LogP contribution in [-0.4, -0.2) is 46.9 Å². The van der Waals surface area contributed by atoms with Crippen LogP contribution in [0.4, 0.5) is 4.79 Å². The second-order valence-corrected chi connectivity index (χ2v) is 6.45. The zero-order valence-corrected chi connectivity index (χ0v) is 15.8. The summed E-state index contributed by atoms with van der Waals surface area (Å²) < 4.78 is 5.01. The van der Waals surface area contributed by atoms with Gasteiger partial charge in [-0.15, -0.1) is 0 Å². The third-order valence-electron chi connectivity index (χ3n) is 4.03. The van der Waals surface area contributed by atoms with E-state index in [1.54, 1.807) is 36.4 Å². The number of carbonyl (C=O) groups is 3. The van der Waals surface area contributed by atoms with Gasteiger partial charge in [-0.3, -0.25) is 4.79 Å². The summed E-state index contributed by atoms with van der Waals surface area (Å²) in [6, 6.07) is 16.9. The van der Waals surface area contributed by atoms with Gasteiger partial charge in [0.05, 0.1) is 12.5 Å². The van der Waals surface area contributed by atoms with Crippen LogP contribution in [0.25, 0.3) is 0 Å². The Balaban J connectivity index is 1.71. The molecule has 0 aliphatic carbocycles. The standard InChI is InChI=1S/C21H24N2O6/c24-17(13-22-21(28)29-14-16-9-5-2-6-10-16)12-19(25)23-18(20(26)27)11-15-7-3-1-4-8-15/h1-10,17-18,24H,11-14H2,(H,22,28)(H,23,25)(H,26,27)/t17-,18-/m1/s1. The highest BCUT2D eigenvalue weighted by Gasteiger charge is 2.22. The fourth-order valence-corrected chi connectivity index (χ4v) is 2.56. The minimum atomic E-state index is -1.18. The van der Waals surface area contributed by atoms with Gasteiger partial charge in [-0.1, -0.05) is 60.7 Å². The lowest BCUT2D eigenvalue weighted by Crippen LogP contribution is -2.44. The van der Waals surface area contributed by atoms with Gasteiger partial charge in [0.15, 0.2) is 0 Å². The molecule has 2 aromatic rings. The van der Waals surface area contributed by atoms with E-state index in [2.05, 4.69) is 10.6 Å². The van der Waals surface area contributed by atoms with Gasteiger partial charge in [0.1, 0.15) is 12.6 Å². The van der Waals surface area contributed by atoms with Crippen molar-refractivity contribution in [1.29, 1.82) is 0 Å². The molecular formula is C21H24N2O6. The maximum Gasteiger partial charge on any atom is 0.407 e. The molecule has 0 spiro atoms. The summed E-state index contributed by atoms with van der Waals surface area (Å²) in [5, 5.41) is 24.0. The number of carboxylic acids is 1. The zero-order valence-electron chi connectivity index (χ0n) is 15.8. The van der Waals surface area contributed by atoms with Crippen LogP contribution in [-0.2, 0) is 27.4 Å². The first kappa shape index (κ1) is 21.9. The molecule has 0 aliphatic heterocycles. The molecule has 2 amide bonds. The van der Waals surface area contributed by atoms with Crippen molar-refractivity contribution in [2.75, 3.05) is 6.54 Å². The van der Waals surface area contributed by atoms with Gasteiger partial charge >= 0.3 is 12.1 Å². The van der Waals surface area contributed by atoms with Gasteiger partial charge in [0.25, 0.3) is 0 Å². The number of aliphatic carboxylic acids is 1. The monoisotopic (exact) mass is 400 g/mol. The summed E-state index contributed by atoms with van der Waals surface area (Å²) in [5.74, 6) is -1.79. The van der Waals surface area contributed by atoms with E-state index in [0.717, 1.165) is 11.1 Å². The zero-order chi connectivity index (χ0) is 21.1. The van der Waals surface area contributed by atoms with Crippen LogP contribution in [0, 0.1) is 0 Å². The van der Waals surface area contributed by atoms with Crippen LogP contribution in [0.2, 0.25) is 0 Å². The third-order valence-corrected chi connectivity index (χ3v) is 4.03. The molecule has 0 saturated carbocycles. The van der Waals surface area contributed by atoms with Crippen LogP contribution in [0.5, 0.6) is 0 Å². The number of nitrogens with one attached hydrogen (secondary N) is 2. The quantitative estimate of drug-likeness (QED) is 0.479. The largest absolute Gasteiger partial charge is 0.480 e. The number of alkyl carbamates (subject to hydrolysis) is 1. The van der Waals surface area contributed by atoms with E-state index < -0.39 is 30.1 Å². The Labute approximate surface area is 168 Å². The van der Waals surface area contributed by atoms with Crippen molar-refractivity contribution in [3.05, 3.63) is 71.8 Å². The van der Waals surface area contributed by atoms with Crippen molar-refractivity contribution in [3.8, 4) is 0 Å². The fourth-order valence-electron chi connectivity index (χ4n) is 2.56.